The third kappa shape index (κ3) is 2.41. The van der Waals surface area contributed by atoms with Gasteiger partial charge in [0.15, 0.2) is 0 Å². The molecule has 0 aromatic heterocycles. The molecule has 0 unspecified atom stereocenters. The normalized spacial score (nSPS) is 20.0. The standard InChI is InChI=1S/C10H23N5/c1-12-9(13-11)15(4)8-10(14(2)3)6-5-7-10/h5-8,11H2,1-4H3,(H,12,13). The van der Waals surface area contributed by atoms with E-state index >= 15 is 0 Å². The van der Waals surface area contributed by atoms with Crippen molar-refractivity contribution in [3.05, 3.63) is 0 Å². The summed E-state index contributed by atoms with van der Waals surface area (Å²) in [6, 6.07) is 0. The zero-order valence-electron chi connectivity index (χ0n) is 10.2. The van der Waals surface area contributed by atoms with E-state index in [2.05, 4.69) is 34.3 Å². The topological polar surface area (TPSA) is 56.9 Å². The van der Waals surface area contributed by atoms with Crippen LogP contribution in [0, 0.1) is 0 Å². The van der Waals surface area contributed by atoms with E-state index in [0.717, 1.165) is 12.5 Å². The summed E-state index contributed by atoms with van der Waals surface area (Å²) in [5.41, 5.74) is 2.93. The molecule has 0 aromatic rings. The Morgan fingerprint density at radius 3 is 2.27 bits per heavy atom. The molecule has 0 atom stereocenters. The lowest BCUT2D eigenvalue weighted by Crippen LogP contribution is -2.59. The number of nitrogens with two attached hydrogens (primary N) is 1. The van der Waals surface area contributed by atoms with Gasteiger partial charge in [0.25, 0.3) is 0 Å². The van der Waals surface area contributed by atoms with Crippen molar-refractivity contribution in [2.24, 2.45) is 10.8 Å². The van der Waals surface area contributed by atoms with Gasteiger partial charge < -0.3 is 9.80 Å². The predicted octanol–water partition coefficient (Wildman–Crippen LogP) is -0.148. The van der Waals surface area contributed by atoms with Crippen LogP contribution in [0.1, 0.15) is 19.3 Å². The van der Waals surface area contributed by atoms with Crippen LogP contribution in [0.15, 0.2) is 4.99 Å². The van der Waals surface area contributed by atoms with E-state index in [0.29, 0.717) is 5.54 Å². The van der Waals surface area contributed by atoms with Crippen molar-refractivity contribution in [1.29, 1.82) is 0 Å². The molecule has 0 aliphatic heterocycles. The van der Waals surface area contributed by atoms with E-state index in [1.54, 1.807) is 7.05 Å². The van der Waals surface area contributed by atoms with Gasteiger partial charge in [0, 0.05) is 26.2 Å². The number of nitrogens with zero attached hydrogens (tertiary/aromatic N) is 3. The fourth-order valence-corrected chi connectivity index (χ4v) is 2.19. The zero-order valence-corrected chi connectivity index (χ0v) is 10.2. The second-order valence-corrected chi connectivity index (χ2v) is 4.52. The molecule has 1 aliphatic rings. The Morgan fingerprint density at radius 2 is 2.00 bits per heavy atom. The molecule has 3 N–H and O–H groups in total. The largest absolute Gasteiger partial charge is 0.343 e. The third-order valence-corrected chi connectivity index (χ3v) is 3.47. The van der Waals surface area contributed by atoms with Crippen molar-refractivity contribution in [3.8, 4) is 0 Å². The molecule has 88 valence electrons. The first-order valence-corrected chi connectivity index (χ1v) is 5.38. The average molecular weight is 213 g/mol. The van der Waals surface area contributed by atoms with Gasteiger partial charge in [-0.15, -0.1) is 0 Å². The summed E-state index contributed by atoms with van der Waals surface area (Å²) in [6.07, 6.45) is 3.83. The molecule has 0 aromatic carbocycles. The summed E-state index contributed by atoms with van der Waals surface area (Å²) in [6.45, 7) is 0.969. The predicted molar refractivity (Wildman–Crippen MR) is 63.6 cm³/mol. The first-order valence-electron chi connectivity index (χ1n) is 5.38. The summed E-state index contributed by atoms with van der Waals surface area (Å²) in [7, 11) is 8.05. The van der Waals surface area contributed by atoms with E-state index in [-0.39, 0.29) is 0 Å². The van der Waals surface area contributed by atoms with Gasteiger partial charge in [0.05, 0.1) is 0 Å². The Labute approximate surface area is 92.3 Å². The lowest BCUT2D eigenvalue weighted by molar-refractivity contribution is 0.0423. The highest BCUT2D eigenvalue weighted by Gasteiger charge is 2.40. The Kier molecular flexibility index (Phi) is 3.93. The van der Waals surface area contributed by atoms with Crippen LogP contribution in [-0.4, -0.2) is 56.0 Å². The van der Waals surface area contributed by atoms with Crippen molar-refractivity contribution in [3.63, 3.8) is 0 Å². The van der Waals surface area contributed by atoms with Gasteiger partial charge in [-0.25, -0.2) is 5.84 Å². The maximum Gasteiger partial charge on any atom is 0.207 e. The summed E-state index contributed by atoms with van der Waals surface area (Å²) < 4.78 is 0. The fourth-order valence-electron chi connectivity index (χ4n) is 2.19. The molecular weight excluding hydrogens is 190 g/mol. The lowest BCUT2D eigenvalue weighted by Gasteiger charge is -2.49. The fraction of sp³-hybridized carbons (Fsp3) is 0.900. The Balaban J connectivity index is 2.59. The molecule has 0 saturated heterocycles. The molecule has 0 spiro atoms. The van der Waals surface area contributed by atoms with E-state index in [9.17, 15) is 0 Å². The number of aliphatic imine (C=N–C) groups is 1. The molecule has 0 bridgehead atoms. The number of nitrogens with one attached hydrogen (secondary N) is 1. The van der Waals surface area contributed by atoms with Gasteiger partial charge in [0.2, 0.25) is 5.96 Å². The van der Waals surface area contributed by atoms with Gasteiger partial charge in [-0.2, -0.15) is 0 Å². The Hall–Kier alpha value is -0.810. The molecule has 5 heteroatoms. The van der Waals surface area contributed by atoms with Crippen LogP contribution in [0.3, 0.4) is 0 Å². The maximum atomic E-state index is 5.40. The van der Waals surface area contributed by atoms with Crippen molar-refractivity contribution >= 4 is 5.96 Å². The number of rotatable bonds is 3. The number of likely N-dealkylation sites (N-methyl/N-ethyl adjacent to an activating group) is 2. The van der Waals surface area contributed by atoms with Crippen molar-refractivity contribution < 1.29 is 0 Å². The smallest absolute Gasteiger partial charge is 0.207 e. The number of hydrogen-bond donors (Lipinski definition) is 2. The minimum Gasteiger partial charge on any atom is -0.343 e. The van der Waals surface area contributed by atoms with Crippen LogP contribution in [0.5, 0.6) is 0 Å². The van der Waals surface area contributed by atoms with Gasteiger partial charge in [-0.05, 0) is 33.4 Å². The molecular formula is C10H23N5. The molecule has 0 heterocycles. The summed E-state index contributed by atoms with van der Waals surface area (Å²) >= 11 is 0. The van der Waals surface area contributed by atoms with Gasteiger partial charge in [-0.3, -0.25) is 10.4 Å². The summed E-state index contributed by atoms with van der Waals surface area (Å²) in [4.78, 5) is 8.50. The van der Waals surface area contributed by atoms with E-state index in [4.69, 9.17) is 5.84 Å². The quantitative estimate of drug-likeness (QED) is 0.296. The molecule has 0 amide bonds. The molecule has 1 aliphatic carbocycles. The van der Waals surface area contributed by atoms with Crippen LogP contribution < -0.4 is 11.3 Å². The minimum atomic E-state index is 0.307. The molecule has 15 heavy (non-hydrogen) atoms. The molecule has 1 saturated carbocycles. The first kappa shape index (κ1) is 12.3. The van der Waals surface area contributed by atoms with E-state index in [1.165, 1.54) is 19.3 Å². The first-order chi connectivity index (χ1) is 7.05. The van der Waals surface area contributed by atoms with Gasteiger partial charge in [0.1, 0.15) is 0 Å². The zero-order chi connectivity index (χ0) is 11.5. The van der Waals surface area contributed by atoms with Crippen molar-refractivity contribution in [2.45, 2.75) is 24.8 Å². The van der Waals surface area contributed by atoms with E-state index in [1.807, 2.05) is 7.05 Å². The SMILES string of the molecule is CN=C(NN)N(C)CC1(N(C)C)CCC1. The third-order valence-electron chi connectivity index (χ3n) is 3.47. The second-order valence-electron chi connectivity index (χ2n) is 4.52. The maximum absolute atomic E-state index is 5.40. The van der Waals surface area contributed by atoms with Crippen LogP contribution in [-0.2, 0) is 0 Å². The average Bonchev–Trinajstić information content (AvgIpc) is 2.12. The highest BCUT2D eigenvalue weighted by molar-refractivity contribution is 5.79. The number of hydrazine groups is 1. The van der Waals surface area contributed by atoms with Crippen molar-refractivity contribution in [1.82, 2.24) is 15.2 Å². The van der Waals surface area contributed by atoms with Crippen LogP contribution >= 0.6 is 0 Å². The van der Waals surface area contributed by atoms with Crippen LogP contribution in [0.4, 0.5) is 0 Å². The molecule has 1 fully saturated rings. The molecule has 0 radical (unpaired) electrons. The summed E-state index contributed by atoms with van der Waals surface area (Å²) in [5.74, 6) is 6.14. The van der Waals surface area contributed by atoms with E-state index < -0.39 is 0 Å². The van der Waals surface area contributed by atoms with Gasteiger partial charge in [-0.1, -0.05) is 0 Å². The Bertz CT molecular complexity index is 232. The second kappa shape index (κ2) is 4.81. The monoisotopic (exact) mass is 213 g/mol. The van der Waals surface area contributed by atoms with Crippen molar-refractivity contribution in [2.75, 3.05) is 34.7 Å². The lowest BCUT2D eigenvalue weighted by atomic mass is 9.75. The van der Waals surface area contributed by atoms with Gasteiger partial charge >= 0.3 is 0 Å². The van der Waals surface area contributed by atoms with Crippen LogP contribution in [0.2, 0.25) is 0 Å². The minimum absolute atomic E-state index is 0.307. The molecule has 1 rings (SSSR count). The summed E-state index contributed by atoms with van der Waals surface area (Å²) in [5, 5.41) is 0. The Morgan fingerprint density at radius 1 is 1.40 bits per heavy atom. The highest BCUT2D eigenvalue weighted by atomic mass is 15.4. The van der Waals surface area contributed by atoms with Crippen LogP contribution in [0.25, 0.3) is 0 Å². The molecule has 5 nitrogen and oxygen atoms in total. The number of guanidine groups is 1. The highest BCUT2D eigenvalue weighted by Crippen LogP contribution is 2.36. The number of hydrogen-bond acceptors (Lipinski definition) is 3.